The van der Waals surface area contributed by atoms with Crippen molar-refractivity contribution >= 4 is 23.1 Å². The molecule has 3 heterocycles. The minimum Gasteiger partial charge on any atom is -0.482 e. The van der Waals surface area contributed by atoms with E-state index in [4.69, 9.17) is 16.3 Å². The Morgan fingerprint density at radius 2 is 1.83 bits per heavy atom. The molecule has 1 aliphatic rings. The highest BCUT2D eigenvalue weighted by molar-refractivity contribution is 7.03. The van der Waals surface area contributed by atoms with Crippen LogP contribution in [0, 0.1) is 0 Å². The van der Waals surface area contributed by atoms with Crippen molar-refractivity contribution in [1.82, 2.24) is 18.8 Å². The quantitative estimate of drug-likeness (QED) is 0.306. The van der Waals surface area contributed by atoms with Gasteiger partial charge in [-0.2, -0.15) is 17.5 Å². The number of hydrogen-bond donors (Lipinski definition) is 0. The number of ether oxygens (including phenoxy) is 1. The lowest BCUT2D eigenvalue weighted by molar-refractivity contribution is -0.142. The zero-order valence-corrected chi connectivity index (χ0v) is 20.4. The van der Waals surface area contributed by atoms with Gasteiger partial charge < -0.3 is 4.74 Å². The van der Waals surface area contributed by atoms with E-state index in [1.165, 1.54) is 17.7 Å². The summed E-state index contributed by atoms with van der Waals surface area (Å²) < 4.78 is 50.5. The number of alkyl halides is 3. The maximum atomic E-state index is 13.4. The van der Waals surface area contributed by atoms with Gasteiger partial charge in [0.15, 0.2) is 0 Å². The molecule has 0 amide bonds. The molecule has 0 bridgehead atoms. The fourth-order valence-corrected chi connectivity index (χ4v) is 4.98. The van der Waals surface area contributed by atoms with Crippen molar-refractivity contribution in [1.29, 1.82) is 0 Å². The molecule has 5 rings (SSSR count). The minimum absolute atomic E-state index is 0.0353. The van der Waals surface area contributed by atoms with E-state index < -0.39 is 18.3 Å². The first-order valence-electron chi connectivity index (χ1n) is 11.0. The zero-order chi connectivity index (χ0) is 25.3. The molecule has 0 saturated heterocycles. The topological polar surface area (TPSA) is 60.2 Å². The molecule has 4 aromatic rings. The third kappa shape index (κ3) is 5.45. The zero-order valence-electron chi connectivity index (χ0n) is 18.8. The number of fused-ring (bicyclic) bond motifs is 1. The SMILES string of the molecule is O=c1c(OCc2ccc(-c3ccsn3)c(Cl)c2)cnc(CN2Cc3ccccc3C2)n1CC(F)(F)F. The second kappa shape index (κ2) is 10.0. The molecule has 0 fully saturated rings. The number of rotatable bonds is 7. The molecular formula is C25H20ClF3N4O2S. The predicted octanol–water partition coefficient (Wildman–Crippen LogP) is 5.68. The molecule has 11 heteroatoms. The summed E-state index contributed by atoms with van der Waals surface area (Å²) in [5, 5.41) is 2.30. The normalized spacial score (nSPS) is 13.7. The summed E-state index contributed by atoms with van der Waals surface area (Å²) in [6.07, 6.45) is -3.40. The molecule has 2 aromatic carbocycles. The van der Waals surface area contributed by atoms with Gasteiger partial charge in [0.05, 0.1) is 23.5 Å². The maximum Gasteiger partial charge on any atom is 0.406 e. The van der Waals surface area contributed by atoms with Gasteiger partial charge in [0.25, 0.3) is 5.56 Å². The third-order valence-electron chi connectivity index (χ3n) is 5.85. The summed E-state index contributed by atoms with van der Waals surface area (Å²) in [5.41, 5.74) is 3.50. The molecule has 0 unspecified atom stereocenters. The highest BCUT2D eigenvalue weighted by atomic mass is 35.5. The van der Waals surface area contributed by atoms with Crippen LogP contribution in [0.5, 0.6) is 5.75 Å². The van der Waals surface area contributed by atoms with Crippen molar-refractivity contribution in [3.8, 4) is 17.0 Å². The standard InChI is InChI=1S/C25H20ClF3N4O2S/c26-20-9-16(5-6-19(20)21-7-8-36-31-21)14-35-22-10-30-23(33(24(22)34)15-25(27,28)29)13-32-11-17-3-1-2-4-18(17)12-32/h1-10H,11-15H2. The molecule has 0 saturated carbocycles. The second-order valence-corrected chi connectivity index (χ2v) is 9.52. The molecule has 186 valence electrons. The van der Waals surface area contributed by atoms with E-state index >= 15 is 0 Å². The highest BCUT2D eigenvalue weighted by Crippen LogP contribution is 2.29. The van der Waals surface area contributed by atoms with Gasteiger partial charge in [-0.3, -0.25) is 14.3 Å². The van der Waals surface area contributed by atoms with Crippen molar-refractivity contribution in [2.75, 3.05) is 0 Å². The number of aromatic nitrogens is 3. The maximum absolute atomic E-state index is 13.4. The van der Waals surface area contributed by atoms with Gasteiger partial charge in [-0.15, -0.1) is 0 Å². The van der Waals surface area contributed by atoms with E-state index in [2.05, 4.69) is 9.36 Å². The molecule has 0 N–H and O–H groups in total. The molecule has 36 heavy (non-hydrogen) atoms. The van der Waals surface area contributed by atoms with Crippen LogP contribution in [0.4, 0.5) is 13.2 Å². The van der Waals surface area contributed by atoms with E-state index in [9.17, 15) is 18.0 Å². The summed E-state index contributed by atoms with van der Waals surface area (Å²) in [7, 11) is 0. The van der Waals surface area contributed by atoms with Crippen molar-refractivity contribution < 1.29 is 17.9 Å². The first kappa shape index (κ1) is 24.5. The molecular weight excluding hydrogens is 513 g/mol. The number of nitrogens with zero attached hydrogens (tertiary/aromatic N) is 4. The summed E-state index contributed by atoms with van der Waals surface area (Å²) in [5.74, 6) is -0.222. The lowest BCUT2D eigenvalue weighted by atomic mass is 10.1. The van der Waals surface area contributed by atoms with E-state index in [1.54, 1.807) is 18.2 Å². The van der Waals surface area contributed by atoms with Crippen LogP contribution in [0.3, 0.4) is 0 Å². The van der Waals surface area contributed by atoms with Gasteiger partial charge in [-0.25, -0.2) is 4.98 Å². The Kier molecular flexibility index (Phi) is 6.83. The number of halogens is 4. The Bertz CT molecular complexity index is 1420. The second-order valence-electron chi connectivity index (χ2n) is 8.45. The first-order chi connectivity index (χ1) is 17.3. The lowest BCUT2D eigenvalue weighted by Crippen LogP contribution is -2.34. The predicted molar refractivity (Wildman–Crippen MR) is 131 cm³/mol. The molecule has 0 spiro atoms. The molecule has 0 radical (unpaired) electrons. The van der Waals surface area contributed by atoms with Crippen molar-refractivity contribution in [2.45, 2.75) is 39.0 Å². The van der Waals surface area contributed by atoms with Crippen LogP contribution < -0.4 is 10.3 Å². The summed E-state index contributed by atoms with van der Waals surface area (Å²) in [6.45, 7) is -0.239. The molecule has 0 atom stereocenters. The largest absolute Gasteiger partial charge is 0.482 e. The molecule has 0 aliphatic carbocycles. The van der Waals surface area contributed by atoms with E-state index in [0.29, 0.717) is 28.2 Å². The van der Waals surface area contributed by atoms with Gasteiger partial charge in [0.1, 0.15) is 19.0 Å². The first-order valence-corrected chi connectivity index (χ1v) is 12.2. The monoisotopic (exact) mass is 532 g/mol. The van der Waals surface area contributed by atoms with Crippen molar-refractivity contribution in [2.24, 2.45) is 0 Å². The Morgan fingerprint density at radius 1 is 1.08 bits per heavy atom. The number of hydrogen-bond acceptors (Lipinski definition) is 6. The van der Waals surface area contributed by atoms with Crippen LogP contribution in [0.2, 0.25) is 5.02 Å². The fourth-order valence-electron chi connectivity index (χ4n) is 4.16. The Labute approximate surface area is 213 Å². The summed E-state index contributed by atoms with van der Waals surface area (Å²) in [6, 6.07) is 14.9. The van der Waals surface area contributed by atoms with Gasteiger partial charge in [0, 0.05) is 24.0 Å². The summed E-state index contributed by atoms with van der Waals surface area (Å²) in [4.78, 5) is 19.1. The van der Waals surface area contributed by atoms with Crippen molar-refractivity contribution in [3.63, 3.8) is 0 Å². The fraction of sp³-hybridized carbons (Fsp3) is 0.240. The van der Waals surface area contributed by atoms with Crippen LogP contribution >= 0.6 is 23.1 Å². The van der Waals surface area contributed by atoms with Gasteiger partial charge in [-0.1, -0.05) is 48.0 Å². The van der Waals surface area contributed by atoms with E-state index in [0.717, 1.165) is 22.4 Å². The average Bonchev–Trinajstić information content (AvgIpc) is 3.50. The van der Waals surface area contributed by atoms with E-state index in [1.807, 2.05) is 40.6 Å². The minimum atomic E-state index is -4.59. The third-order valence-corrected chi connectivity index (χ3v) is 6.72. The summed E-state index contributed by atoms with van der Waals surface area (Å²) >= 11 is 7.68. The lowest BCUT2D eigenvalue weighted by Gasteiger charge is -2.20. The van der Waals surface area contributed by atoms with Crippen LogP contribution in [0.1, 0.15) is 22.5 Å². The molecule has 6 nitrogen and oxygen atoms in total. The van der Waals surface area contributed by atoms with Crippen LogP contribution in [0.25, 0.3) is 11.3 Å². The van der Waals surface area contributed by atoms with Crippen molar-refractivity contribution in [3.05, 3.63) is 98.0 Å². The Morgan fingerprint density at radius 3 is 2.47 bits per heavy atom. The van der Waals surface area contributed by atoms with Crippen LogP contribution in [-0.4, -0.2) is 25.0 Å². The van der Waals surface area contributed by atoms with Gasteiger partial charge in [-0.05, 0) is 40.4 Å². The molecule has 1 aliphatic heterocycles. The Hall–Kier alpha value is -3.21. The van der Waals surface area contributed by atoms with Crippen LogP contribution in [-0.2, 0) is 32.8 Å². The average molecular weight is 533 g/mol. The van der Waals surface area contributed by atoms with Gasteiger partial charge in [0.2, 0.25) is 5.75 Å². The Balaban J connectivity index is 1.35. The highest BCUT2D eigenvalue weighted by Gasteiger charge is 2.31. The van der Waals surface area contributed by atoms with Gasteiger partial charge >= 0.3 is 6.18 Å². The molecule has 2 aromatic heterocycles. The van der Waals surface area contributed by atoms with Crippen LogP contribution in [0.15, 0.2) is 64.9 Å². The van der Waals surface area contributed by atoms with E-state index in [-0.39, 0.29) is 24.7 Å². The number of benzene rings is 2. The smallest absolute Gasteiger partial charge is 0.406 e.